The molecule has 0 atom stereocenters. The number of hydrazone groups is 1. The van der Waals surface area contributed by atoms with Gasteiger partial charge in [-0.05, 0) is 83.9 Å². The van der Waals surface area contributed by atoms with Gasteiger partial charge in [0.2, 0.25) is 0 Å². The summed E-state index contributed by atoms with van der Waals surface area (Å²) < 4.78 is 33.2. The summed E-state index contributed by atoms with van der Waals surface area (Å²) in [5.41, 5.74) is 4.80. The van der Waals surface area contributed by atoms with Crippen LogP contribution >= 0.6 is 23.2 Å². The van der Waals surface area contributed by atoms with Gasteiger partial charge >= 0.3 is 0 Å². The molecule has 0 bridgehead atoms. The molecule has 1 amide bonds. The number of ether oxygens (including phenoxy) is 1. The van der Waals surface area contributed by atoms with Crippen LogP contribution in [0.2, 0.25) is 10.0 Å². The van der Waals surface area contributed by atoms with Crippen LogP contribution in [0, 0.1) is 0 Å². The first-order chi connectivity index (χ1) is 17.8. The molecule has 37 heavy (non-hydrogen) atoms. The van der Waals surface area contributed by atoms with Crippen LogP contribution in [-0.2, 0) is 16.6 Å². The molecule has 188 valence electrons. The molecule has 0 fully saturated rings. The highest BCUT2D eigenvalue weighted by molar-refractivity contribution is 7.92. The summed E-state index contributed by atoms with van der Waals surface area (Å²) in [6.45, 7) is 0.389. The first-order valence-corrected chi connectivity index (χ1v) is 13.2. The first-order valence-electron chi connectivity index (χ1n) is 11.0. The van der Waals surface area contributed by atoms with E-state index in [0.29, 0.717) is 33.7 Å². The van der Waals surface area contributed by atoms with Crippen LogP contribution in [0.3, 0.4) is 0 Å². The van der Waals surface area contributed by atoms with Gasteiger partial charge in [0.1, 0.15) is 12.4 Å². The van der Waals surface area contributed by atoms with E-state index in [0.717, 1.165) is 11.1 Å². The number of amides is 1. The fourth-order valence-corrected chi connectivity index (χ4v) is 4.49. The highest BCUT2D eigenvalue weighted by atomic mass is 35.5. The van der Waals surface area contributed by atoms with E-state index < -0.39 is 15.9 Å². The van der Waals surface area contributed by atoms with Crippen molar-refractivity contribution in [3.05, 3.63) is 124 Å². The maximum absolute atomic E-state index is 12.5. The number of sulfonamides is 1. The Kier molecular flexibility index (Phi) is 8.45. The van der Waals surface area contributed by atoms with Crippen LogP contribution in [0.4, 0.5) is 5.69 Å². The van der Waals surface area contributed by atoms with E-state index in [-0.39, 0.29) is 4.90 Å². The highest BCUT2D eigenvalue weighted by Crippen LogP contribution is 2.19. The summed E-state index contributed by atoms with van der Waals surface area (Å²) in [6.07, 6.45) is 1.50. The van der Waals surface area contributed by atoms with E-state index >= 15 is 0 Å². The molecule has 0 unspecified atom stereocenters. The molecule has 0 heterocycles. The van der Waals surface area contributed by atoms with Gasteiger partial charge in [-0.2, -0.15) is 5.10 Å². The maximum Gasteiger partial charge on any atom is 0.271 e. The molecule has 2 N–H and O–H groups in total. The van der Waals surface area contributed by atoms with E-state index in [1.54, 1.807) is 18.2 Å². The average molecular weight is 554 g/mol. The minimum Gasteiger partial charge on any atom is -0.489 e. The lowest BCUT2D eigenvalue weighted by molar-refractivity contribution is 0.0955. The van der Waals surface area contributed by atoms with Gasteiger partial charge in [0, 0.05) is 21.3 Å². The van der Waals surface area contributed by atoms with Gasteiger partial charge in [0.05, 0.1) is 11.1 Å². The lowest BCUT2D eigenvalue weighted by atomic mass is 10.2. The molecule has 10 heteroatoms. The summed E-state index contributed by atoms with van der Waals surface area (Å²) >= 11 is 11.7. The zero-order chi connectivity index (χ0) is 26.3. The number of nitrogens with zero attached hydrogens (tertiary/aromatic N) is 1. The summed E-state index contributed by atoms with van der Waals surface area (Å²) in [6, 6.07) is 26.5. The Hall–Kier alpha value is -3.85. The zero-order valence-corrected chi connectivity index (χ0v) is 21.6. The normalized spacial score (nSPS) is 11.3. The van der Waals surface area contributed by atoms with Crippen molar-refractivity contribution in [2.75, 3.05) is 4.72 Å². The molecule has 0 aliphatic heterocycles. The Morgan fingerprint density at radius 1 is 0.865 bits per heavy atom. The second-order valence-electron chi connectivity index (χ2n) is 7.82. The smallest absolute Gasteiger partial charge is 0.271 e. The van der Waals surface area contributed by atoms with Gasteiger partial charge in [-0.1, -0.05) is 47.5 Å². The van der Waals surface area contributed by atoms with Crippen molar-refractivity contribution in [2.45, 2.75) is 11.5 Å². The molecule has 4 rings (SSSR count). The van der Waals surface area contributed by atoms with Crippen molar-refractivity contribution in [3.63, 3.8) is 0 Å². The molecular weight excluding hydrogens is 533 g/mol. The summed E-state index contributed by atoms with van der Waals surface area (Å²) in [5.74, 6) is 0.209. The van der Waals surface area contributed by atoms with Crippen LogP contribution in [-0.4, -0.2) is 20.5 Å². The van der Waals surface area contributed by atoms with Gasteiger partial charge in [0.15, 0.2) is 0 Å². The Morgan fingerprint density at radius 3 is 2.19 bits per heavy atom. The van der Waals surface area contributed by atoms with Gasteiger partial charge in [-0.15, -0.1) is 0 Å². The van der Waals surface area contributed by atoms with Gasteiger partial charge < -0.3 is 4.74 Å². The van der Waals surface area contributed by atoms with Crippen LogP contribution in [0.15, 0.2) is 107 Å². The van der Waals surface area contributed by atoms with Gasteiger partial charge in [-0.25, -0.2) is 13.8 Å². The third kappa shape index (κ3) is 7.57. The predicted octanol–water partition coefficient (Wildman–Crippen LogP) is 6.14. The number of halogens is 2. The quantitative estimate of drug-likeness (QED) is 0.192. The molecule has 0 saturated heterocycles. The van der Waals surface area contributed by atoms with E-state index in [1.165, 1.54) is 54.7 Å². The second kappa shape index (κ2) is 11.9. The average Bonchev–Trinajstić information content (AvgIpc) is 2.89. The standard InChI is InChI=1S/C27H21Cl2N3O4S/c28-22-8-4-19(5-9-22)18-36-25-3-1-2-20(16-25)17-30-31-27(33)21-6-12-24(13-7-21)32-37(34,35)26-14-10-23(29)11-15-26/h1-17,32H,18H2,(H,31,33)/b30-17+. The zero-order valence-electron chi connectivity index (χ0n) is 19.3. The van der Waals surface area contributed by atoms with Gasteiger partial charge in [0.25, 0.3) is 15.9 Å². The molecule has 4 aromatic rings. The Morgan fingerprint density at radius 2 is 1.51 bits per heavy atom. The third-order valence-electron chi connectivity index (χ3n) is 5.08. The van der Waals surface area contributed by atoms with Crippen LogP contribution in [0.25, 0.3) is 0 Å². The van der Waals surface area contributed by atoms with Crippen molar-refractivity contribution in [2.24, 2.45) is 5.10 Å². The SMILES string of the molecule is O=C(N/N=C/c1cccc(OCc2ccc(Cl)cc2)c1)c1ccc(NS(=O)(=O)c2ccc(Cl)cc2)cc1. The maximum atomic E-state index is 12.5. The molecular formula is C27H21Cl2N3O4S. The Balaban J connectivity index is 1.31. The number of hydrogen-bond donors (Lipinski definition) is 2. The van der Waals surface area contributed by atoms with E-state index in [4.69, 9.17) is 27.9 Å². The molecule has 0 aliphatic carbocycles. The molecule has 0 aliphatic rings. The largest absolute Gasteiger partial charge is 0.489 e. The monoisotopic (exact) mass is 553 g/mol. The minimum atomic E-state index is -3.78. The number of anilines is 1. The molecule has 0 spiro atoms. The van der Waals surface area contributed by atoms with E-state index in [2.05, 4.69) is 15.2 Å². The molecule has 0 radical (unpaired) electrons. The lowest BCUT2D eigenvalue weighted by Crippen LogP contribution is -2.18. The van der Waals surface area contributed by atoms with E-state index in [1.807, 2.05) is 30.3 Å². The highest BCUT2D eigenvalue weighted by Gasteiger charge is 2.14. The predicted molar refractivity (Wildman–Crippen MR) is 146 cm³/mol. The first kappa shape index (κ1) is 26.2. The number of nitrogens with one attached hydrogen (secondary N) is 2. The van der Waals surface area contributed by atoms with Crippen LogP contribution in [0.1, 0.15) is 21.5 Å². The Labute approximate surface area is 224 Å². The lowest BCUT2D eigenvalue weighted by Gasteiger charge is -2.09. The molecule has 0 aromatic heterocycles. The van der Waals surface area contributed by atoms with Crippen molar-refractivity contribution >= 4 is 51.0 Å². The summed E-state index contributed by atoms with van der Waals surface area (Å²) in [4.78, 5) is 12.5. The topological polar surface area (TPSA) is 96.9 Å². The van der Waals surface area contributed by atoms with Crippen molar-refractivity contribution < 1.29 is 17.9 Å². The number of rotatable bonds is 9. The Bertz CT molecular complexity index is 1510. The van der Waals surface area contributed by atoms with Crippen LogP contribution in [0.5, 0.6) is 5.75 Å². The van der Waals surface area contributed by atoms with Crippen molar-refractivity contribution in [1.82, 2.24) is 5.43 Å². The summed E-state index contributed by atoms with van der Waals surface area (Å²) in [5, 5.41) is 5.10. The number of carbonyl (C=O) groups excluding carboxylic acids is 1. The second-order valence-corrected chi connectivity index (χ2v) is 10.4. The fraction of sp³-hybridized carbons (Fsp3) is 0.0370. The van der Waals surface area contributed by atoms with Crippen molar-refractivity contribution in [3.8, 4) is 5.75 Å². The molecule has 0 saturated carbocycles. The fourth-order valence-electron chi connectivity index (χ4n) is 3.18. The number of benzene rings is 4. The van der Waals surface area contributed by atoms with Gasteiger partial charge in [-0.3, -0.25) is 9.52 Å². The molecule has 7 nitrogen and oxygen atoms in total. The summed E-state index contributed by atoms with van der Waals surface area (Å²) in [7, 11) is -3.78. The van der Waals surface area contributed by atoms with Crippen LogP contribution < -0.4 is 14.9 Å². The minimum absolute atomic E-state index is 0.0764. The van der Waals surface area contributed by atoms with Crippen molar-refractivity contribution in [1.29, 1.82) is 0 Å². The van der Waals surface area contributed by atoms with E-state index in [9.17, 15) is 13.2 Å². The number of hydrogen-bond acceptors (Lipinski definition) is 5. The third-order valence-corrected chi connectivity index (χ3v) is 6.98. The molecule has 4 aromatic carbocycles. The number of carbonyl (C=O) groups is 1.